The number of benzene rings is 1. The monoisotopic (exact) mass is 212 g/mol. The van der Waals surface area contributed by atoms with Gasteiger partial charge in [-0.15, -0.1) is 0 Å². The van der Waals surface area contributed by atoms with Gasteiger partial charge in [-0.25, -0.2) is 0 Å². The van der Waals surface area contributed by atoms with Crippen molar-refractivity contribution in [3.05, 3.63) is 38.4 Å². The van der Waals surface area contributed by atoms with Gasteiger partial charge in [0.05, 0.1) is 4.92 Å². The van der Waals surface area contributed by atoms with Gasteiger partial charge in [-0.05, 0) is 24.5 Å². The van der Waals surface area contributed by atoms with E-state index in [2.05, 4.69) is 0 Å². The molecule has 1 aromatic carbocycles. The van der Waals surface area contributed by atoms with Crippen LogP contribution < -0.4 is 5.73 Å². The highest BCUT2D eigenvalue weighted by molar-refractivity contribution is 6.32. The quantitative estimate of drug-likeness (QED) is 0.573. The standard InChI is InChI=1S/C9H9ClN2O2/c10-7-3-1-5-6(2-4-8(5)11)9(7)12(13)14/h1,3,8H,2,4,11H2/t8-/m0/s1. The molecule has 0 spiro atoms. The number of nitrogens with zero attached hydrogens (tertiary/aromatic N) is 1. The van der Waals surface area contributed by atoms with E-state index in [0.717, 1.165) is 12.0 Å². The highest BCUT2D eigenvalue weighted by Crippen LogP contribution is 2.39. The summed E-state index contributed by atoms with van der Waals surface area (Å²) in [5.41, 5.74) is 7.39. The largest absolute Gasteiger partial charge is 0.324 e. The van der Waals surface area contributed by atoms with Crippen LogP contribution in [0.3, 0.4) is 0 Å². The average Bonchev–Trinajstić information content (AvgIpc) is 2.47. The third-order valence-electron chi connectivity index (χ3n) is 2.56. The number of fused-ring (bicyclic) bond motifs is 1. The molecule has 0 amide bonds. The summed E-state index contributed by atoms with van der Waals surface area (Å²) >= 11 is 5.77. The Hall–Kier alpha value is -1.13. The van der Waals surface area contributed by atoms with Crippen LogP contribution in [0, 0.1) is 10.1 Å². The Morgan fingerprint density at radius 1 is 1.57 bits per heavy atom. The first kappa shape index (κ1) is 9.43. The Balaban J connectivity index is 2.65. The zero-order valence-corrected chi connectivity index (χ0v) is 8.12. The fraction of sp³-hybridized carbons (Fsp3) is 0.333. The van der Waals surface area contributed by atoms with E-state index in [1.165, 1.54) is 0 Å². The van der Waals surface area contributed by atoms with Gasteiger partial charge in [0.1, 0.15) is 5.02 Å². The Labute approximate surface area is 85.8 Å². The van der Waals surface area contributed by atoms with E-state index in [1.807, 2.05) is 0 Å². The second-order valence-corrected chi connectivity index (χ2v) is 3.77. The minimum atomic E-state index is -0.431. The van der Waals surface area contributed by atoms with Crippen molar-refractivity contribution in [2.75, 3.05) is 0 Å². The van der Waals surface area contributed by atoms with Crippen LogP contribution in [-0.4, -0.2) is 4.92 Å². The lowest BCUT2D eigenvalue weighted by molar-refractivity contribution is -0.385. The van der Waals surface area contributed by atoms with Crippen LogP contribution in [0.5, 0.6) is 0 Å². The van der Waals surface area contributed by atoms with Crippen LogP contribution in [0.2, 0.25) is 5.02 Å². The van der Waals surface area contributed by atoms with Crippen LogP contribution in [0.1, 0.15) is 23.6 Å². The predicted molar refractivity (Wildman–Crippen MR) is 53.4 cm³/mol. The number of hydrogen-bond acceptors (Lipinski definition) is 3. The van der Waals surface area contributed by atoms with Crippen LogP contribution >= 0.6 is 11.6 Å². The number of rotatable bonds is 1. The normalized spacial score (nSPS) is 19.4. The summed E-state index contributed by atoms with van der Waals surface area (Å²) in [5.74, 6) is 0. The van der Waals surface area contributed by atoms with E-state index < -0.39 is 4.92 Å². The molecule has 2 rings (SSSR count). The molecule has 1 aliphatic rings. The van der Waals surface area contributed by atoms with E-state index in [9.17, 15) is 10.1 Å². The summed E-state index contributed by atoms with van der Waals surface area (Å²) in [5, 5.41) is 11.0. The summed E-state index contributed by atoms with van der Waals surface area (Å²) in [6.07, 6.45) is 1.41. The van der Waals surface area contributed by atoms with Gasteiger partial charge in [0.2, 0.25) is 0 Å². The number of nitrogens with two attached hydrogens (primary N) is 1. The van der Waals surface area contributed by atoms with Crippen molar-refractivity contribution in [1.82, 2.24) is 0 Å². The van der Waals surface area contributed by atoms with E-state index in [0.29, 0.717) is 12.0 Å². The van der Waals surface area contributed by atoms with E-state index in [-0.39, 0.29) is 16.8 Å². The van der Waals surface area contributed by atoms with Gasteiger partial charge >= 0.3 is 0 Å². The van der Waals surface area contributed by atoms with Crippen molar-refractivity contribution in [2.45, 2.75) is 18.9 Å². The van der Waals surface area contributed by atoms with Crippen LogP contribution in [0.15, 0.2) is 12.1 Å². The Morgan fingerprint density at radius 2 is 2.29 bits per heavy atom. The highest BCUT2D eigenvalue weighted by atomic mass is 35.5. The molecule has 0 fully saturated rings. The van der Waals surface area contributed by atoms with Crippen molar-refractivity contribution in [2.24, 2.45) is 5.73 Å². The second-order valence-electron chi connectivity index (χ2n) is 3.37. The molecular weight excluding hydrogens is 204 g/mol. The van der Waals surface area contributed by atoms with E-state index >= 15 is 0 Å². The molecule has 2 N–H and O–H groups in total. The SMILES string of the molecule is N[C@H]1CCc2c1ccc(Cl)c2[N+](=O)[O-]. The Bertz CT molecular complexity index is 406. The molecule has 1 aromatic rings. The number of halogens is 1. The minimum Gasteiger partial charge on any atom is -0.324 e. The molecule has 5 heteroatoms. The Kier molecular flexibility index (Phi) is 2.17. The van der Waals surface area contributed by atoms with Crippen molar-refractivity contribution in [1.29, 1.82) is 0 Å². The van der Waals surface area contributed by atoms with Crippen molar-refractivity contribution < 1.29 is 4.92 Å². The summed E-state index contributed by atoms with van der Waals surface area (Å²) in [6.45, 7) is 0. The molecule has 0 bridgehead atoms. The summed E-state index contributed by atoms with van der Waals surface area (Å²) in [7, 11) is 0. The smallest absolute Gasteiger partial charge is 0.291 e. The van der Waals surface area contributed by atoms with Crippen molar-refractivity contribution in [3.63, 3.8) is 0 Å². The second kappa shape index (κ2) is 3.22. The maximum absolute atomic E-state index is 10.8. The number of nitro groups is 1. The summed E-state index contributed by atoms with van der Waals surface area (Å²) < 4.78 is 0. The zero-order chi connectivity index (χ0) is 10.3. The third kappa shape index (κ3) is 1.27. The van der Waals surface area contributed by atoms with E-state index in [4.69, 9.17) is 17.3 Å². The molecule has 0 saturated carbocycles. The van der Waals surface area contributed by atoms with Crippen LogP contribution in [-0.2, 0) is 6.42 Å². The minimum absolute atomic E-state index is 0.0251. The molecule has 1 aliphatic carbocycles. The molecule has 0 unspecified atom stereocenters. The molecule has 0 saturated heterocycles. The van der Waals surface area contributed by atoms with Gasteiger partial charge in [0.25, 0.3) is 5.69 Å². The summed E-state index contributed by atoms with van der Waals surface area (Å²) in [6, 6.07) is 3.24. The first-order chi connectivity index (χ1) is 6.61. The molecule has 74 valence electrons. The molecule has 14 heavy (non-hydrogen) atoms. The van der Waals surface area contributed by atoms with Crippen LogP contribution in [0.4, 0.5) is 5.69 Å². The summed E-state index contributed by atoms with van der Waals surface area (Å²) in [4.78, 5) is 10.3. The molecular formula is C9H9ClN2O2. The lowest BCUT2D eigenvalue weighted by Gasteiger charge is -2.05. The van der Waals surface area contributed by atoms with Gasteiger partial charge in [-0.2, -0.15) is 0 Å². The van der Waals surface area contributed by atoms with Crippen molar-refractivity contribution in [3.8, 4) is 0 Å². The fourth-order valence-electron chi connectivity index (χ4n) is 1.89. The number of nitro benzene ring substituents is 1. The first-order valence-electron chi connectivity index (χ1n) is 4.32. The molecule has 0 aliphatic heterocycles. The van der Waals surface area contributed by atoms with Gasteiger partial charge in [0.15, 0.2) is 0 Å². The van der Waals surface area contributed by atoms with Gasteiger partial charge in [-0.3, -0.25) is 10.1 Å². The fourth-order valence-corrected chi connectivity index (χ4v) is 2.13. The predicted octanol–water partition coefficient (Wildman–Crippen LogP) is 2.19. The first-order valence-corrected chi connectivity index (χ1v) is 4.70. The van der Waals surface area contributed by atoms with Gasteiger partial charge in [-0.1, -0.05) is 17.7 Å². The maximum atomic E-state index is 10.8. The molecule has 1 atom stereocenters. The third-order valence-corrected chi connectivity index (χ3v) is 2.86. The van der Waals surface area contributed by atoms with Gasteiger partial charge < -0.3 is 5.73 Å². The molecule has 4 nitrogen and oxygen atoms in total. The maximum Gasteiger partial charge on any atom is 0.291 e. The Morgan fingerprint density at radius 3 is 2.93 bits per heavy atom. The molecule has 0 radical (unpaired) electrons. The zero-order valence-electron chi connectivity index (χ0n) is 7.37. The van der Waals surface area contributed by atoms with Gasteiger partial charge in [0, 0.05) is 11.6 Å². The van der Waals surface area contributed by atoms with Crippen LogP contribution in [0.25, 0.3) is 0 Å². The topological polar surface area (TPSA) is 69.2 Å². The lowest BCUT2D eigenvalue weighted by atomic mass is 10.1. The van der Waals surface area contributed by atoms with E-state index in [1.54, 1.807) is 12.1 Å². The highest BCUT2D eigenvalue weighted by Gasteiger charge is 2.29. The average molecular weight is 213 g/mol. The number of hydrogen-bond donors (Lipinski definition) is 1. The molecule has 0 aromatic heterocycles. The van der Waals surface area contributed by atoms with Crippen molar-refractivity contribution >= 4 is 17.3 Å². The molecule has 0 heterocycles. The lowest BCUT2D eigenvalue weighted by Crippen LogP contribution is -2.05.